The van der Waals surface area contributed by atoms with Crippen molar-refractivity contribution in [2.75, 3.05) is 0 Å². The summed E-state index contributed by atoms with van der Waals surface area (Å²) in [6.45, 7) is 4.39. The van der Waals surface area contributed by atoms with Crippen LogP contribution in [0.1, 0.15) is 25.3 Å². The lowest BCUT2D eigenvalue weighted by molar-refractivity contribution is 0.876. The molecule has 0 spiro atoms. The number of rotatable bonds is 1. The lowest BCUT2D eigenvalue weighted by Crippen LogP contribution is -1.86. The molecule has 0 aliphatic rings. The highest BCUT2D eigenvalue weighted by Crippen LogP contribution is 2.23. The smallest absolute Gasteiger partial charge is 0.0653 e. The van der Waals surface area contributed by atoms with E-state index in [2.05, 4.69) is 36.2 Å². The molecule has 0 fully saturated rings. The summed E-state index contributed by atoms with van der Waals surface area (Å²) in [5.41, 5.74) is 2.49. The van der Waals surface area contributed by atoms with Gasteiger partial charge < -0.3 is 0 Å². The first-order valence-electron chi connectivity index (χ1n) is 4.21. The van der Waals surface area contributed by atoms with Crippen LogP contribution >= 0.6 is 0 Å². The van der Waals surface area contributed by atoms with Gasteiger partial charge in [0.2, 0.25) is 0 Å². The molecule has 0 bridgehead atoms. The number of nitrogens with one attached hydrogen (secondary N) is 1. The zero-order valence-electron chi connectivity index (χ0n) is 7.33. The zero-order valence-corrected chi connectivity index (χ0v) is 7.33. The number of aromatic amines is 1. The van der Waals surface area contributed by atoms with Crippen LogP contribution in [0, 0.1) is 0 Å². The highest BCUT2D eigenvalue weighted by atomic mass is 15.1. The van der Waals surface area contributed by atoms with Crippen LogP contribution in [0.4, 0.5) is 0 Å². The predicted molar refractivity (Wildman–Crippen MR) is 50.2 cm³/mol. The molecular formula is C10H12N2. The lowest BCUT2D eigenvalue weighted by Gasteiger charge is -2.05. The second-order valence-corrected chi connectivity index (χ2v) is 3.33. The second-order valence-electron chi connectivity index (χ2n) is 3.33. The van der Waals surface area contributed by atoms with E-state index in [4.69, 9.17) is 0 Å². The van der Waals surface area contributed by atoms with Crippen molar-refractivity contribution in [3.63, 3.8) is 0 Å². The molecule has 1 N–H and O–H groups in total. The maximum atomic E-state index is 4.02. The lowest BCUT2D eigenvalue weighted by atomic mass is 10.00. The number of benzene rings is 1. The Kier molecular flexibility index (Phi) is 1.61. The van der Waals surface area contributed by atoms with Gasteiger partial charge in [-0.05, 0) is 17.5 Å². The summed E-state index contributed by atoms with van der Waals surface area (Å²) in [6, 6.07) is 6.27. The van der Waals surface area contributed by atoms with Gasteiger partial charge in [0.25, 0.3) is 0 Å². The number of aromatic nitrogens is 2. The Morgan fingerprint density at radius 3 is 2.92 bits per heavy atom. The third-order valence-electron chi connectivity index (χ3n) is 2.14. The van der Waals surface area contributed by atoms with Gasteiger partial charge in [0.1, 0.15) is 0 Å². The van der Waals surface area contributed by atoms with E-state index >= 15 is 0 Å². The molecule has 0 unspecified atom stereocenters. The first kappa shape index (κ1) is 7.35. The number of hydrogen-bond acceptors (Lipinski definition) is 1. The highest BCUT2D eigenvalue weighted by molar-refractivity contribution is 5.81. The predicted octanol–water partition coefficient (Wildman–Crippen LogP) is 2.69. The fraction of sp³-hybridized carbons (Fsp3) is 0.300. The summed E-state index contributed by atoms with van der Waals surface area (Å²) >= 11 is 0. The molecule has 0 amide bonds. The molecule has 1 aromatic heterocycles. The average molecular weight is 160 g/mol. The van der Waals surface area contributed by atoms with Gasteiger partial charge in [-0.3, -0.25) is 5.10 Å². The van der Waals surface area contributed by atoms with Crippen LogP contribution in [-0.2, 0) is 0 Å². The molecule has 2 nitrogen and oxygen atoms in total. The van der Waals surface area contributed by atoms with E-state index in [1.165, 1.54) is 10.9 Å². The summed E-state index contributed by atoms with van der Waals surface area (Å²) in [7, 11) is 0. The molecule has 2 heteroatoms. The molecule has 0 saturated carbocycles. The van der Waals surface area contributed by atoms with Gasteiger partial charge >= 0.3 is 0 Å². The molecule has 0 atom stereocenters. The Morgan fingerprint density at radius 2 is 2.17 bits per heavy atom. The van der Waals surface area contributed by atoms with Crippen molar-refractivity contribution in [1.82, 2.24) is 10.2 Å². The minimum absolute atomic E-state index is 0.561. The van der Waals surface area contributed by atoms with Crippen LogP contribution in [0.25, 0.3) is 10.9 Å². The maximum absolute atomic E-state index is 4.02. The molecule has 1 aromatic carbocycles. The van der Waals surface area contributed by atoms with E-state index in [0.717, 1.165) is 5.52 Å². The molecule has 62 valence electrons. The van der Waals surface area contributed by atoms with Crippen LogP contribution in [0.5, 0.6) is 0 Å². The van der Waals surface area contributed by atoms with E-state index in [1.54, 1.807) is 0 Å². The van der Waals surface area contributed by atoms with Crippen molar-refractivity contribution in [1.29, 1.82) is 0 Å². The minimum Gasteiger partial charge on any atom is -0.278 e. The summed E-state index contributed by atoms with van der Waals surface area (Å²) in [5.74, 6) is 0.561. The maximum Gasteiger partial charge on any atom is 0.0653 e. The molecule has 0 saturated heterocycles. The van der Waals surface area contributed by atoms with Crippen molar-refractivity contribution in [3.8, 4) is 0 Å². The minimum atomic E-state index is 0.561. The van der Waals surface area contributed by atoms with Crippen LogP contribution in [0.3, 0.4) is 0 Å². The topological polar surface area (TPSA) is 28.7 Å². The van der Waals surface area contributed by atoms with E-state index in [9.17, 15) is 0 Å². The third kappa shape index (κ3) is 0.998. The molecule has 1 heterocycles. The van der Waals surface area contributed by atoms with E-state index < -0.39 is 0 Å². The average Bonchev–Trinajstić information content (AvgIpc) is 2.49. The van der Waals surface area contributed by atoms with Gasteiger partial charge in [-0.25, -0.2) is 0 Å². The zero-order chi connectivity index (χ0) is 8.55. The molecule has 2 aromatic rings. The van der Waals surface area contributed by atoms with Crippen molar-refractivity contribution >= 4 is 10.9 Å². The summed E-state index contributed by atoms with van der Waals surface area (Å²) in [6.07, 6.45) is 1.89. The summed E-state index contributed by atoms with van der Waals surface area (Å²) in [4.78, 5) is 0. The first-order valence-corrected chi connectivity index (χ1v) is 4.21. The fourth-order valence-corrected chi connectivity index (χ4v) is 1.49. The Hall–Kier alpha value is -1.31. The van der Waals surface area contributed by atoms with E-state index in [1.807, 2.05) is 12.3 Å². The molecule has 2 rings (SSSR count). The monoisotopic (exact) mass is 160 g/mol. The quantitative estimate of drug-likeness (QED) is 0.682. The van der Waals surface area contributed by atoms with Gasteiger partial charge in [0.15, 0.2) is 0 Å². The number of H-pyrrole nitrogens is 1. The first-order chi connectivity index (χ1) is 5.79. The van der Waals surface area contributed by atoms with Gasteiger partial charge in [-0.1, -0.05) is 26.0 Å². The van der Waals surface area contributed by atoms with Crippen molar-refractivity contribution in [2.45, 2.75) is 19.8 Å². The van der Waals surface area contributed by atoms with E-state index in [-0.39, 0.29) is 0 Å². The van der Waals surface area contributed by atoms with Crippen molar-refractivity contribution in [3.05, 3.63) is 30.0 Å². The normalized spacial score (nSPS) is 11.2. The van der Waals surface area contributed by atoms with Crippen LogP contribution in [0.2, 0.25) is 0 Å². The van der Waals surface area contributed by atoms with Crippen molar-refractivity contribution in [2.24, 2.45) is 0 Å². The molecule has 0 aliphatic carbocycles. The fourth-order valence-electron chi connectivity index (χ4n) is 1.49. The standard InChI is InChI=1S/C10H12N2/c1-7(2)8-4-3-5-10-9(8)6-11-12-10/h3-7H,1-2H3,(H,11,12). The third-order valence-corrected chi connectivity index (χ3v) is 2.14. The van der Waals surface area contributed by atoms with E-state index in [0.29, 0.717) is 5.92 Å². The van der Waals surface area contributed by atoms with Gasteiger partial charge in [-0.2, -0.15) is 5.10 Å². The summed E-state index contributed by atoms with van der Waals surface area (Å²) < 4.78 is 0. The Morgan fingerprint density at radius 1 is 1.33 bits per heavy atom. The number of fused-ring (bicyclic) bond motifs is 1. The van der Waals surface area contributed by atoms with Gasteiger partial charge in [0.05, 0.1) is 11.7 Å². The van der Waals surface area contributed by atoms with Crippen molar-refractivity contribution < 1.29 is 0 Å². The largest absolute Gasteiger partial charge is 0.278 e. The van der Waals surface area contributed by atoms with Gasteiger partial charge in [0, 0.05) is 5.39 Å². The molecule has 12 heavy (non-hydrogen) atoms. The number of hydrogen-bond donors (Lipinski definition) is 1. The second kappa shape index (κ2) is 2.63. The Labute approximate surface area is 71.6 Å². The van der Waals surface area contributed by atoms with Gasteiger partial charge in [-0.15, -0.1) is 0 Å². The van der Waals surface area contributed by atoms with Crippen LogP contribution in [-0.4, -0.2) is 10.2 Å². The molecular weight excluding hydrogens is 148 g/mol. The molecule has 0 radical (unpaired) electrons. The Balaban J connectivity index is 2.73. The Bertz CT molecular complexity index is 387. The highest BCUT2D eigenvalue weighted by Gasteiger charge is 2.04. The summed E-state index contributed by atoms with van der Waals surface area (Å²) in [5, 5.41) is 8.23. The SMILES string of the molecule is CC(C)c1cccc2[nH]ncc12. The van der Waals surface area contributed by atoms with Crippen LogP contribution < -0.4 is 0 Å². The number of nitrogens with zero attached hydrogens (tertiary/aromatic N) is 1. The molecule has 0 aliphatic heterocycles. The van der Waals surface area contributed by atoms with Crippen LogP contribution in [0.15, 0.2) is 24.4 Å².